The molecule has 144 valence electrons. The van der Waals surface area contributed by atoms with Crippen molar-refractivity contribution in [3.63, 3.8) is 0 Å². The number of rotatable bonds is 8. The Hall–Kier alpha value is -2.44. The summed E-state index contributed by atoms with van der Waals surface area (Å²) in [6.45, 7) is 6.16. The fourth-order valence-corrected chi connectivity index (χ4v) is 3.95. The maximum absolute atomic E-state index is 12.9. The molecule has 0 heterocycles. The quantitative estimate of drug-likeness (QED) is 0.683. The minimum absolute atomic E-state index is 0.136. The van der Waals surface area contributed by atoms with Crippen LogP contribution in [0.1, 0.15) is 17.2 Å². The summed E-state index contributed by atoms with van der Waals surface area (Å²) in [6.07, 6.45) is 0.203. The summed E-state index contributed by atoms with van der Waals surface area (Å²) >= 11 is 0. The predicted octanol–water partition coefficient (Wildman–Crippen LogP) is 2.20. The second kappa shape index (κ2) is 8.97. The van der Waals surface area contributed by atoms with Gasteiger partial charge in [0.1, 0.15) is 18.4 Å². The maximum Gasteiger partial charge on any atom is 0.246 e. The van der Waals surface area contributed by atoms with Crippen molar-refractivity contribution in [2.75, 3.05) is 13.7 Å². The summed E-state index contributed by atoms with van der Waals surface area (Å²) in [5.41, 5.74) is 1.56. The fourth-order valence-electron chi connectivity index (χ4n) is 2.78. The molecule has 0 saturated heterocycles. The number of aliphatic hydroxyl groups is 1. The van der Waals surface area contributed by atoms with Crippen LogP contribution < -0.4 is 15.2 Å². The van der Waals surface area contributed by atoms with Gasteiger partial charge in [0.15, 0.2) is 5.78 Å². The second-order valence-electron chi connectivity index (χ2n) is 7.52. The highest BCUT2D eigenvalue weighted by molar-refractivity contribution is 6.88. The van der Waals surface area contributed by atoms with Gasteiger partial charge in [-0.1, -0.05) is 61.2 Å². The fraction of sp³-hybridized carbons (Fsp3) is 0.333. The molecule has 0 aliphatic rings. The Balaban J connectivity index is 2.21. The van der Waals surface area contributed by atoms with Gasteiger partial charge in [0, 0.05) is 6.42 Å². The van der Waals surface area contributed by atoms with E-state index >= 15 is 0 Å². The summed E-state index contributed by atoms with van der Waals surface area (Å²) in [6, 6.07) is 14.3. The number of Topliss-reactive ketones (excluding diaryl/α,β-unsaturated/α-hetero) is 1. The van der Waals surface area contributed by atoms with Crippen LogP contribution in [0.2, 0.25) is 19.6 Å². The van der Waals surface area contributed by atoms with E-state index in [1.54, 1.807) is 31.4 Å². The summed E-state index contributed by atoms with van der Waals surface area (Å²) in [5.74, 6) is -0.0543. The molecule has 0 aliphatic carbocycles. The van der Waals surface area contributed by atoms with Crippen molar-refractivity contribution >= 4 is 25.0 Å². The average Bonchev–Trinajstić information content (AvgIpc) is 2.65. The predicted molar refractivity (Wildman–Crippen MR) is 109 cm³/mol. The summed E-state index contributed by atoms with van der Waals surface area (Å²) < 4.78 is 5.14. The van der Waals surface area contributed by atoms with Gasteiger partial charge in [-0.2, -0.15) is 0 Å². The number of nitrogens with one attached hydrogen (secondary N) is 1. The van der Waals surface area contributed by atoms with Gasteiger partial charge in [0.05, 0.1) is 15.2 Å². The lowest BCUT2D eigenvalue weighted by molar-refractivity contribution is -0.129. The van der Waals surface area contributed by atoms with E-state index in [0.717, 1.165) is 5.56 Å². The van der Waals surface area contributed by atoms with Crippen molar-refractivity contribution in [2.45, 2.75) is 32.1 Å². The Morgan fingerprint density at radius 3 is 2.11 bits per heavy atom. The van der Waals surface area contributed by atoms with E-state index in [1.807, 2.05) is 12.1 Å². The van der Waals surface area contributed by atoms with Crippen LogP contribution in [-0.2, 0) is 16.0 Å². The molecule has 2 rings (SSSR count). The van der Waals surface area contributed by atoms with Gasteiger partial charge in [-0.05, 0) is 23.3 Å². The number of hydrogen-bond donors (Lipinski definition) is 2. The van der Waals surface area contributed by atoms with Crippen molar-refractivity contribution < 1.29 is 19.4 Å². The van der Waals surface area contributed by atoms with Gasteiger partial charge >= 0.3 is 0 Å². The Bertz CT molecular complexity index is 779. The van der Waals surface area contributed by atoms with E-state index in [2.05, 4.69) is 37.1 Å². The van der Waals surface area contributed by atoms with Crippen molar-refractivity contribution in [2.24, 2.45) is 0 Å². The van der Waals surface area contributed by atoms with Crippen LogP contribution >= 0.6 is 0 Å². The van der Waals surface area contributed by atoms with Crippen molar-refractivity contribution in [1.82, 2.24) is 5.32 Å². The number of hydrogen-bond acceptors (Lipinski definition) is 4. The third kappa shape index (κ3) is 5.77. The summed E-state index contributed by atoms with van der Waals surface area (Å²) in [7, 11) is 0.177. The first-order valence-electron chi connectivity index (χ1n) is 8.91. The van der Waals surface area contributed by atoms with Crippen LogP contribution in [0.5, 0.6) is 5.75 Å². The molecule has 0 spiro atoms. The van der Waals surface area contributed by atoms with Crippen LogP contribution in [0, 0.1) is 0 Å². The first-order chi connectivity index (χ1) is 12.7. The van der Waals surface area contributed by atoms with E-state index in [1.165, 1.54) is 5.19 Å². The molecule has 1 unspecified atom stereocenters. The molecule has 1 atom stereocenters. The highest BCUT2D eigenvalue weighted by Crippen LogP contribution is 2.20. The first-order valence-corrected chi connectivity index (χ1v) is 12.4. The minimum atomic E-state index is -1.39. The van der Waals surface area contributed by atoms with Gasteiger partial charge < -0.3 is 15.2 Å². The smallest absolute Gasteiger partial charge is 0.246 e. The standard InChI is InChI=1S/C21H27NO4Si/c1-26-17-9-7-16(8-10-17)21(22-20(25)14-23)19(24)13-15-5-11-18(12-6-15)27(2,3)4/h5-12,21,23H,13-14H2,1-4H3,(H,22,25). The molecular weight excluding hydrogens is 358 g/mol. The largest absolute Gasteiger partial charge is 0.497 e. The number of ketones is 1. The van der Waals surface area contributed by atoms with Crippen LogP contribution in [0.4, 0.5) is 0 Å². The third-order valence-electron chi connectivity index (χ3n) is 4.42. The molecule has 0 saturated carbocycles. The van der Waals surface area contributed by atoms with E-state index in [9.17, 15) is 9.59 Å². The Morgan fingerprint density at radius 2 is 1.63 bits per heavy atom. The monoisotopic (exact) mass is 385 g/mol. The van der Waals surface area contributed by atoms with Crippen LogP contribution in [-0.4, -0.2) is 38.6 Å². The molecule has 0 radical (unpaired) electrons. The highest BCUT2D eigenvalue weighted by Gasteiger charge is 2.23. The van der Waals surface area contributed by atoms with Crippen LogP contribution in [0.3, 0.4) is 0 Å². The molecule has 6 heteroatoms. The molecule has 0 aromatic heterocycles. The average molecular weight is 386 g/mol. The third-order valence-corrected chi connectivity index (χ3v) is 6.48. The summed E-state index contributed by atoms with van der Waals surface area (Å²) in [5, 5.41) is 13.0. The molecule has 2 N–H and O–H groups in total. The lowest BCUT2D eigenvalue weighted by Gasteiger charge is -2.19. The number of carbonyl (C=O) groups is 2. The molecule has 0 aliphatic heterocycles. The van der Waals surface area contributed by atoms with Gasteiger partial charge in [-0.3, -0.25) is 9.59 Å². The first kappa shape index (κ1) is 20.9. The number of ether oxygens (including phenoxy) is 1. The lowest BCUT2D eigenvalue weighted by atomic mass is 9.97. The summed E-state index contributed by atoms with van der Waals surface area (Å²) in [4.78, 5) is 24.6. The zero-order chi connectivity index (χ0) is 20.0. The minimum Gasteiger partial charge on any atom is -0.497 e. The van der Waals surface area contributed by atoms with Crippen molar-refractivity contribution in [3.8, 4) is 5.75 Å². The molecule has 27 heavy (non-hydrogen) atoms. The van der Waals surface area contributed by atoms with E-state index < -0.39 is 26.6 Å². The molecule has 2 aromatic rings. The molecule has 2 aromatic carbocycles. The number of amides is 1. The maximum atomic E-state index is 12.9. The number of benzene rings is 2. The number of methoxy groups -OCH3 is 1. The lowest BCUT2D eigenvalue weighted by Crippen LogP contribution is -2.37. The number of aliphatic hydroxyl groups excluding tert-OH is 1. The topological polar surface area (TPSA) is 75.6 Å². The molecule has 0 fully saturated rings. The Labute approximate surface area is 161 Å². The highest BCUT2D eigenvalue weighted by atomic mass is 28.3. The van der Waals surface area contributed by atoms with Crippen molar-refractivity contribution in [1.29, 1.82) is 0 Å². The Morgan fingerprint density at radius 1 is 1.04 bits per heavy atom. The Kier molecular flexibility index (Phi) is 6.93. The van der Waals surface area contributed by atoms with Gasteiger partial charge in [-0.15, -0.1) is 0 Å². The zero-order valence-electron chi connectivity index (χ0n) is 16.3. The van der Waals surface area contributed by atoms with Gasteiger partial charge in [-0.25, -0.2) is 0 Å². The molecule has 0 bridgehead atoms. The molecular formula is C21H27NO4Si. The normalized spacial score (nSPS) is 12.3. The SMILES string of the molecule is COc1ccc(C(NC(=O)CO)C(=O)Cc2ccc([Si](C)(C)C)cc2)cc1. The zero-order valence-corrected chi connectivity index (χ0v) is 17.3. The molecule has 1 amide bonds. The van der Waals surface area contributed by atoms with E-state index in [-0.39, 0.29) is 12.2 Å². The van der Waals surface area contributed by atoms with Gasteiger partial charge in [0.2, 0.25) is 5.91 Å². The number of carbonyl (C=O) groups excluding carboxylic acids is 2. The van der Waals surface area contributed by atoms with Gasteiger partial charge in [0.25, 0.3) is 0 Å². The van der Waals surface area contributed by atoms with Crippen LogP contribution in [0.25, 0.3) is 0 Å². The second-order valence-corrected chi connectivity index (χ2v) is 12.6. The van der Waals surface area contributed by atoms with Crippen molar-refractivity contribution in [3.05, 3.63) is 59.7 Å². The van der Waals surface area contributed by atoms with Crippen LogP contribution in [0.15, 0.2) is 48.5 Å². The van der Waals surface area contributed by atoms with E-state index in [0.29, 0.717) is 11.3 Å². The van der Waals surface area contributed by atoms with E-state index in [4.69, 9.17) is 9.84 Å². The molecule has 5 nitrogen and oxygen atoms in total.